The van der Waals surface area contributed by atoms with Crippen molar-refractivity contribution in [3.8, 4) is 5.75 Å². The predicted octanol–water partition coefficient (Wildman–Crippen LogP) is 5.50. The van der Waals surface area contributed by atoms with Gasteiger partial charge in [0.05, 0.1) is 28.4 Å². The molecule has 0 bridgehead atoms. The van der Waals surface area contributed by atoms with Crippen LogP contribution >= 0.6 is 23.2 Å². The minimum Gasteiger partial charge on any atom is -0.494 e. The number of carbonyl (C=O) groups excluding carboxylic acids is 1. The predicted molar refractivity (Wildman–Crippen MR) is 97.8 cm³/mol. The maximum atomic E-state index is 14.0. The number of hydrogen-bond donors (Lipinski definition) is 0. The van der Waals surface area contributed by atoms with E-state index in [4.69, 9.17) is 27.9 Å². The summed E-state index contributed by atoms with van der Waals surface area (Å²) in [6, 6.07) is 2.81. The molecule has 1 aliphatic rings. The Kier molecular flexibility index (Phi) is 5.55. The van der Waals surface area contributed by atoms with Crippen LogP contribution in [0.15, 0.2) is 22.8 Å². The number of methoxy groups -OCH3 is 1. The van der Waals surface area contributed by atoms with Gasteiger partial charge in [0, 0.05) is 0 Å². The molecule has 0 saturated heterocycles. The normalized spacial score (nSPS) is 15.3. The van der Waals surface area contributed by atoms with Gasteiger partial charge in [-0.1, -0.05) is 23.2 Å². The molecule has 0 aromatic heterocycles. The lowest BCUT2D eigenvalue weighted by Crippen LogP contribution is -2.25. The molecule has 1 amide bonds. The van der Waals surface area contributed by atoms with E-state index in [1.165, 1.54) is 32.2 Å². The Balaban J connectivity index is 2.09. The molecule has 0 fully saturated rings. The molecular formula is C18H9Cl2F5N2O2. The smallest absolute Gasteiger partial charge is 0.280 e. The molecule has 1 heterocycles. The number of hydrazone groups is 1. The van der Waals surface area contributed by atoms with Gasteiger partial charge < -0.3 is 4.74 Å². The average molecular weight is 451 g/mol. The second kappa shape index (κ2) is 7.64. The van der Waals surface area contributed by atoms with Gasteiger partial charge in [-0.2, -0.15) is 10.1 Å². The number of ether oxygens (including phenoxy) is 1. The Hall–Kier alpha value is -2.65. The molecule has 29 heavy (non-hydrogen) atoms. The first-order chi connectivity index (χ1) is 13.6. The number of halogens is 7. The van der Waals surface area contributed by atoms with Crippen LogP contribution in [-0.4, -0.2) is 18.7 Å². The van der Waals surface area contributed by atoms with Crippen molar-refractivity contribution in [2.75, 3.05) is 12.1 Å². The molecule has 11 heteroatoms. The molecule has 2 aromatic carbocycles. The lowest BCUT2D eigenvalue weighted by atomic mass is 10.1. The van der Waals surface area contributed by atoms with Crippen molar-refractivity contribution in [3.05, 3.63) is 62.4 Å². The van der Waals surface area contributed by atoms with Gasteiger partial charge in [0.15, 0.2) is 29.0 Å². The van der Waals surface area contributed by atoms with E-state index in [-0.39, 0.29) is 32.1 Å². The lowest BCUT2D eigenvalue weighted by Gasteiger charge is -2.15. The molecule has 1 aliphatic heterocycles. The summed E-state index contributed by atoms with van der Waals surface area (Å²) in [5, 5.41) is 4.01. The van der Waals surface area contributed by atoms with Gasteiger partial charge in [-0.3, -0.25) is 4.79 Å². The van der Waals surface area contributed by atoms with Crippen LogP contribution in [0.5, 0.6) is 5.75 Å². The van der Waals surface area contributed by atoms with E-state index in [9.17, 15) is 26.7 Å². The molecule has 4 nitrogen and oxygen atoms in total. The highest BCUT2D eigenvalue weighted by Crippen LogP contribution is 2.36. The summed E-state index contributed by atoms with van der Waals surface area (Å²) in [5.41, 5.74) is -1.34. The van der Waals surface area contributed by atoms with Gasteiger partial charge in [0.25, 0.3) is 5.91 Å². The highest BCUT2D eigenvalue weighted by atomic mass is 35.5. The van der Waals surface area contributed by atoms with Gasteiger partial charge >= 0.3 is 0 Å². The highest BCUT2D eigenvalue weighted by molar-refractivity contribution is 6.37. The summed E-state index contributed by atoms with van der Waals surface area (Å²) in [5.74, 6) is -12.0. The molecule has 0 unspecified atom stereocenters. The van der Waals surface area contributed by atoms with E-state index >= 15 is 0 Å². The van der Waals surface area contributed by atoms with Crippen LogP contribution in [0.4, 0.5) is 27.6 Å². The van der Waals surface area contributed by atoms with Crippen molar-refractivity contribution in [1.29, 1.82) is 0 Å². The summed E-state index contributed by atoms with van der Waals surface area (Å²) in [4.78, 5) is 12.6. The highest BCUT2D eigenvalue weighted by Gasteiger charge is 2.37. The maximum absolute atomic E-state index is 14.0. The fraction of sp³-hybridized carbons (Fsp3) is 0.111. The van der Waals surface area contributed by atoms with E-state index in [1.807, 2.05) is 0 Å². The fourth-order valence-corrected chi connectivity index (χ4v) is 3.30. The lowest BCUT2D eigenvalue weighted by molar-refractivity contribution is -0.114. The SMILES string of the molecule is COc1c(Cl)cc(/C=C2/C(=O)N(c3c(F)c(F)c(F)c(F)c3F)N=C2C)cc1Cl. The van der Waals surface area contributed by atoms with Gasteiger partial charge in [-0.25, -0.2) is 22.0 Å². The number of rotatable bonds is 3. The zero-order valence-corrected chi connectivity index (χ0v) is 16.1. The van der Waals surface area contributed by atoms with Crippen molar-refractivity contribution < 1.29 is 31.5 Å². The number of nitrogens with zero attached hydrogens (tertiary/aromatic N) is 2. The summed E-state index contributed by atoms with van der Waals surface area (Å²) in [6.45, 7) is 1.32. The van der Waals surface area contributed by atoms with Crippen LogP contribution in [0.2, 0.25) is 10.0 Å². The first-order valence-electron chi connectivity index (χ1n) is 7.74. The number of hydrogen-bond acceptors (Lipinski definition) is 3. The first kappa shape index (κ1) is 21.1. The molecule has 3 rings (SSSR count). The Morgan fingerprint density at radius 1 is 0.966 bits per heavy atom. The minimum atomic E-state index is -2.34. The van der Waals surface area contributed by atoms with Gasteiger partial charge in [-0.15, -0.1) is 0 Å². The molecule has 152 valence electrons. The number of amides is 1. The van der Waals surface area contributed by atoms with Crippen LogP contribution in [0, 0.1) is 29.1 Å². The third-order valence-electron chi connectivity index (χ3n) is 4.00. The summed E-state index contributed by atoms with van der Waals surface area (Å²) >= 11 is 12.1. The first-order valence-corrected chi connectivity index (χ1v) is 8.50. The van der Waals surface area contributed by atoms with Crippen LogP contribution in [0.1, 0.15) is 12.5 Å². The Bertz CT molecular complexity index is 1070. The number of carbonyl (C=O) groups is 1. The quantitative estimate of drug-likeness (QED) is 0.268. The molecule has 0 spiro atoms. The summed E-state index contributed by atoms with van der Waals surface area (Å²) < 4.78 is 73.3. The maximum Gasteiger partial charge on any atom is 0.280 e. The number of benzene rings is 2. The van der Waals surface area contributed by atoms with Crippen molar-refractivity contribution in [2.45, 2.75) is 6.92 Å². The molecule has 0 N–H and O–H groups in total. The Morgan fingerprint density at radius 2 is 1.45 bits per heavy atom. The van der Waals surface area contributed by atoms with Crippen molar-refractivity contribution in [3.63, 3.8) is 0 Å². The van der Waals surface area contributed by atoms with Gasteiger partial charge in [-0.05, 0) is 30.7 Å². The van der Waals surface area contributed by atoms with Crippen molar-refractivity contribution in [1.82, 2.24) is 0 Å². The van der Waals surface area contributed by atoms with Crippen LogP contribution in [0.3, 0.4) is 0 Å². The Labute approximate surface area is 170 Å². The van der Waals surface area contributed by atoms with Gasteiger partial charge in [0.1, 0.15) is 5.69 Å². The second-order valence-electron chi connectivity index (χ2n) is 5.80. The molecule has 0 radical (unpaired) electrons. The molecule has 2 aromatic rings. The van der Waals surface area contributed by atoms with Crippen molar-refractivity contribution >= 4 is 46.6 Å². The van der Waals surface area contributed by atoms with Gasteiger partial charge in [0.2, 0.25) is 5.82 Å². The largest absolute Gasteiger partial charge is 0.494 e. The monoisotopic (exact) mass is 450 g/mol. The van der Waals surface area contributed by atoms with E-state index in [0.717, 1.165) is 0 Å². The molecule has 0 saturated carbocycles. The zero-order valence-electron chi connectivity index (χ0n) is 14.6. The fourth-order valence-electron chi connectivity index (χ4n) is 2.64. The molecule has 0 atom stereocenters. The third-order valence-corrected chi connectivity index (χ3v) is 4.56. The van der Waals surface area contributed by atoms with E-state index in [1.54, 1.807) is 0 Å². The summed E-state index contributed by atoms with van der Waals surface area (Å²) in [6.07, 6.45) is 1.25. The van der Waals surface area contributed by atoms with Crippen molar-refractivity contribution in [2.24, 2.45) is 5.10 Å². The average Bonchev–Trinajstić information content (AvgIpc) is 2.93. The molecular weight excluding hydrogens is 442 g/mol. The third kappa shape index (κ3) is 3.44. The second-order valence-corrected chi connectivity index (χ2v) is 6.61. The van der Waals surface area contributed by atoms with E-state index < -0.39 is 40.7 Å². The Morgan fingerprint density at radius 3 is 1.93 bits per heavy atom. The number of anilines is 1. The van der Waals surface area contributed by atoms with E-state index in [2.05, 4.69) is 5.10 Å². The van der Waals surface area contributed by atoms with Crippen LogP contribution < -0.4 is 9.75 Å². The topological polar surface area (TPSA) is 41.9 Å². The zero-order chi connectivity index (χ0) is 21.6. The summed E-state index contributed by atoms with van der Waals surface area (Å²) in [7, 11) is 1.35. The van der Waals surface area contributed by atoms with E-state index in [0.29, 0.717) is 5.56 Å². The van der Waals surface area contributed by atoms with Crippen LogP contribution in [-0.2, 0) is 4.79 Å². The minimum absolute atomic E-state index is 0.0259. The van der Waals surface area contributed by atoms with Crippen LogP contribution in [0.25, 0.3) is 6.08 Å². The molecule has 0 aliphatic carbocycles. The standard InChI is InChI=1S/C18H9Cl2F5N2O2/c1-6-8(3-7-4-9(19)17(29-2)10(20)5-7)18(28)27(26-6)16-14(24)12(22)11(21)13(23)15(16)25/h3-5H,1-2H3/b8-3+.